The zero-order valence-corrected chi connectivity index (χ0v) is 21.9. The first-order valence-corrected chi connectivity index (χ1v) is 13.3. The van der Waals surface area contributed by atoms with Gasteiger partial charge in [-0.25, -0.2) is 4.74 Å². The Bertz CT molecular complexity index is 1460. The number of aromatic nitrogens is 1. The molecule has 0 saturated heterocycles. The van der Waals surface area contributed by atoms with Crippen LogP contribution in [0.2, 0.25) is 0 Å². The first-order chi connectivity index (χ1) is 16.0. The molecule has 0 bridgehead atoms. The predicted octanol–water partition coefficient (Wildman–Crippen LogP) is 7.46. The van der Waals surface area contributed by atoms with E-state index in [2.05, 4.69) is 93.5 Å². The average Bonchev–Trinajstić information content (AvgIpc) is 3.10. The quantitative estimate of drug-likeness (QED) is 0.171. The van der Waals surface area contributed by atoms with Crippen molar-refractivity contribution in [1.29, 1.82) is 0 Å². The average molecular weight is 477 g/mol. The van der Waals surface area contributed by atoms with E-state index in [1.165, 1.54) is 27.1 Å². The Hall–Kier alpha value is -2.95. The summed E-state index contributed by atoms with van der Waals surface area (Å²) in [7, 11) is 1.80. The van der Waals surface area contributed by atoms with Gasteiger partial charge < -0.3 is 4.57 Å². The van der Waals surface area contributed by atoms with Gasteiger partial charge in [0.2, 0.25) is 0 Å². The fraction of sp³-hybridized carbons (Fsp3) is 0.333. The SMILES string of the molecule is CCn1c2ccccc2c2cc(P(=Nc3cc([N+](=O)[O-])ccc3C)(N(C)C)C(C)(C)C)ccc21. The Morgan fingerprint density at radius 1 is 1.00 bits per heavy atom. The van der Waals surface area contributed by atoms with Crippen molar-refractivity contribution >= 4 is 45.7 Å². The fourth-order valence-corrected chi connectivity index (χ4v) is 9.22. The Balaban J connectivity index is 2.11. The number of para-hydroxylation sites is 1. The molecule has 1 aromatic heterocycles. The van der Waals surface area contributed by atoms with Crippen LogP contribution in [-0.4, -0.2) is 33.4 Å². The minimum absolute atomic E-state index is 0.0663. The summed E-state index contributed by atoms with van der Waals surface area (Å²) in [6, 6.07) is 20.2. The molecule has 0 spiro atoms. The van der Waals surface area contributed by atoms with Crippen molar-refractivity contribution in [2.24, 2.45) is 4.74 Å². The standard InChI is InChI=1S/C27H33N4O2P/c1-8-30-25-12-10-9-11-22(25)23-18-21(15-16-26(23)30)34(29(6)7,27(3,4)5)28-24-17-20(31(32)33)14-13-19(24)2/h9-18H,8H2,1-7H3. The number of rotatable bonds is 5. The highest BCUT2D eigenvalue weighted by Crippen LogP contribution is 2.63. The molecule has 7 heteroatoms. The highest BCUT2D eigenvalue weighted by molar-refractivity contribution is 7.73. The van der Waals surface area contributed by atoms with Crippen molar-refractivity contribution in [2.75, 3.05) is 14.1 Å². The molecule has 6 nitrogen and oxygen atoms in total. The van der Waals surface area contributed by atoms with Gasteiger partial charge in [0.05, 0.1) is 17.8 Å². The van der Waals surface area contributed by atoms with Crippen molar-refractivity contribution in [3.8, 4) is 0 Å². The zero-order chi connectivity index (χ0) is 24.8. The second-order valence-corrected chi connectivity index (χ2v) is 14.0. The van der Waals surface area contributed by atoms with Crippen LogP contribution in [0, 0.1) is 17.0 Å². The summed E-state index contributed by atoms with van der Waals surface area (Å²) < 4.78 is 10.0. The van der Waals surface area contributed by atoms with Gasteiger partial charge in [0.25, 0.3) is 5.69 Å². The van der Waals surface area contributed by atoms with Crippen LogP contribution >= 0.6 is 7.21 Å². The third-order valence-electron chi connectivity index (χ3n) is 6.60. The largest absolute Gasteiger partial charge is 0.341 e. The third-order valence-corrected chi connectivity index (χ3v) is 11.1. The van der Waals surface area contributed by atoms with E-state index in [0.717, 1.165) is 12.1 Å². The van der Waals surface area contributed by atoms with Gasteiger partial charge >= 0.3 is 0 Å². The molecule has 0 amide bonds. The number of hydrogen-bond donors (Lipinski definition) is 0. The molecule has 4 aromatic rings. The van der Waals surface area contributed by atoms with E-state index in [4.69, 9.17) is 4.74 Å². The molecular formula is C27H33N4O2P. The number of non-ortho nitro benzene ring substituents is 1. The molecule has 34 heavy (non-hydrogen) atoms. The molecule has 0 aliphatic heterocycles. The Labute approximate surface area is 201 Å². The summed E-state index contributed by atoms with van der Waals surface area (Å²) in [6.45, 7) is 11.7. The van der Waals surface area contributed by atoms with Crippen LogP contribution in [0.1, 0.15) is 33.3 Å². The molecule has 0 radical (unpaired) electrons. The van der Waals surface area contributed by atoms with E-state index in [9.17, 15) is 10.1 Å². The van der Waals surface area contributed by atoms with Crippen molar-refractivity contribution in [3.05, 3.63) is 76.3 Å². The zero-order valence-electron chi connectivity index (χ0n) is 21.0. The molecule has 178 valence electrons. The normalized spacial score (nSPS) is 14.0. The third kappa shape index (κ3) is 3.75. The lowest BCUT2D eigenvalue weighted by Gasteiger charge is -2.42. The summed E-state index contributed by atoms with van der Waals surface area (Å²) in [5.41, 5.74) is 4.13. The van der Waals surface area contributed by atoms with Crippen LogP contribution in [-0.2, 0) is 6.54 Å². The molecule has 0 N–H and O–H groups in total. The number of nitrogens with zero attached hydrogens (tertiary/aromatic N) is 4. The Morgan fingerprint density at radius 3 is 2.29 bits per heavy atom. The van der Waals surface area contributed by atoms with Gasteiger partial charge in [0.15, 0.2) is 0 Å². The molecule has 0 fully saturated rings. The second-order valence-electron chi connectivity index (χ2n) is 9.91. The van der Waals surface area contributed by atoms with E-state index in [0.29, 0.717) is 5.69 Å². The van der Waals surface area contributed by atoms with Gasteiger partial charge in [-0.3, -0.25) is 14.8 Å². The summed E-state index contributed by atoms with van der Waals surface area (Å²) in [5.74, 6) is 0. The number of nitro benzene ring substituents is 1. The highest BCUT2D eigenvalue weighted by atomic mass is 31.2. The molecule has 4 rings (SSSR count). The summed E-state index contributed by atoms with van der Waals surface area (Å²) in [4.78, 5) is 11.1. The van der Waals surface area contributed by atoms with Crippen LogP contribution in [0.15, 0.2) is 65.4 Å². The lowest BCUT2D eigenvalue weighted by atomic mass is 10.1. The van der Waals surface area contributed by atoms with E-state index in [1.54, 1.807) is 18.2 Å². The number of nitro groups is 1. The van der Waals surface area contributed by atoms with E-state index >= 15 is 0 Å². The topological polar surface area (TPSA) is 63.7 Å². The van der Waals surface area contributed by atoms with Crippen molar-refractivity contribution in [1.82, 2.24) is 9.24 Å². The summed E-state index contributed by atoms with van der Waals surface area (Å²) >= 11 is 0. The van der Waals surface area contributed by atoms with Gasteiger partial charge in [0, 0.05) is 50.9 Å². The number of aryl methyl sites for hydroxylation is 2. The molecule has 0 aliphatic rings. The molecule has 1 heterocycles. The maximum atomic E-state index is 11.5. The highest BCUT2D eigenvalue weighted by Gasteiger charge is 2.38. The van der Waals surface area contributed by atoms with Crippen molar-refractivity contribution in [2.45, 2.75) is 46.3 Å². The second kappa shape index (κ2) is 8.68. The molecule has 0 saturated carbocycles. The van der Waals surface area contributed by atoms with Gasteiger partial charge in [-0.2, -0.15) is 0 Å². The van der Waals surface area contributed by atoms with Gasteiger partial charge in [-0.15, -0.1) is 0 Å². The molecule has 3 aromatic carbocycles. The van der Waals surface area contributed by atoms with E-state index in [-0.39, 0.29) is 15.8 Å². The number of fused-ring (bicyclic) bond motifs is 3. The lowest BCUT2D eigenvalue weighted by Crippen LogP contribution is -2.32. The monoisotopic (exact) mass is 476 g/mol. The first kappa shape index (κ1) is 24.2. The van der Waals surface area contributed by atoms with Crippen LogP contribution in [0.4, 0.5) is 11.4 Å². The minimum Gasteiger partial charge on any atom is -0.341 e. The van der Waals surface area contributed by atoms with E-state index in [1.807, 2.05) is 6.92 Å². The van der Waals surface area contributed by atoms with Crippen LogP contribution < -0.4 is 5.30 Å². The molecule has 1 atom stereocenters. The van der Waals surface area contributed by atoms with Crippen molar-refractivity contribution in [3.63, 3.8) is 0 Å². The van der Waals surface area contributed by atoms with Gasteiger partial charge in [0.1, 0.15) is 0 Å². The minimum atomic E-state index is -2.36. The smallest absolute Gasteiger partial charge is 0.271 e. The molecular weight excluding hydrogens is 443 g/mol. The maximum Gasteiger partial charge on any atom is 0.271 e. The first-order valence-electron chi connectivity index (χ1n) is 11.6. The number of hydrogen-bond acceptors (Lipinski definition) is 3. The Kier molecular flexibility index (Phi) is 6.17. The fourth-order valence-electron chi connectivity index (χ4n) is 5.07. The molecule has 1 unspecified atom stereocenters. The van der Waals surface area contributed by atoms with Crippen LogP contribution in [0.3, 0.4) is 0 Å². The lowest BCUT2D eigenvalue weighted by molar-refractivity contribution is -0.384. The Morgan fingerprint density at radius 2 is 1.68 bits per heavy atom. The van der Waals surface area contributed by atoms with Gasteiger partial charge in [-0.1, -0.05) is 45.0 Å². The van der Waals surface area contributed by atoms with Gasteiger partial charge in [-0.05, 0) is 57.8 Å². The predicted molar refractivity (Wildman–Crippen MR) is 145 cm³/mol. The van der Waals surface area contributed by atoms with Crippen LogP contribution in [0.5, 0.6) is 0 Å². The van der Waals surface area contributed by atoms with Crippen molar-refractivity contribution < 1.29 is 4.92 Å². The molecule has 0 aliphatic carbocycles. The number of benzene rings is 3. The maximum absolute atomic E-state index is 11.5. The summed E-state index contributed by atoms with van der Waals surface area (Å²) in [5, 5.41) is 14.9. The van der Waals surface area contributed by atoms with E-state index < -0.39 is 7.21 Å². The summed E-state index contributed by atoms with van der Waals surface area (Å²) in [6.07, 6.45) is 0. The van der Waals surface area contributed by atoms with Crippen LogP contribution in [0.25, 0.3) is 21.8 Å².